The average molecular weight is 341 g/mol. The Morgan fingerprint density at radius 2 is 1.96 bits per heavy atom. The van der Waals surface area contributed by atoms with Crippen LogP contribution in [0.15, 0.2) is 36.7 Å². The summed E-state index contributed by atoms with van der Waals surface area (Å²) in [6.45, 7) is 4.65. The van der Waals surface area contributed by atoms with Crippen LogP contribution in [-0.2, 0) is 4.74 Å². The minimum atomic E-state index is 0.542. The lowest BCUT2D eigenvalue weighted by molar-refractivity contribution is 0.102. The molecule has 6 heteroatoms. The van der Waals surface area contributed by atoms with Crippen molar-refractivity contribution in [2.75, 3.05) is 44.4 Å². The number of ether oxygens (including phenoxy) is 3. The van der Waals surface area contributed by atoms with Crippen LogP contribution in [0, 0.1) is 0 Å². The number of nitrogens with zero attached hydrogens (tertiary/aromatic N) is 2. The smallest absolute Gasteiger partial charge is 0.169 e. The minimum absolute atomic E-state index is 0.542. The van der Waals surface area contributed by atoms with Crippen LogP contribution in [0.2, 0.25) is 0 Å². The van der Waals surface area contributed by atoms with E-state index in [0.717, 1.165) is 61.1 Å². The molecule has 6 nitrogen and oxygen atoms in total. The van der Waals surface area contributed by atoms with E-state index >= 15 is 0 Å². The van der Waals surface area contributed by atoms with Gasteiger partial charge < -0.3 is 24.4 Å². The maximum absolute atomic E-state index is 6.03. The van der Waals surface area contributed by atoms with E-state index in [2.05, 4.69) is 21.3 Å². The van der Waals surface area contributed by atoms with Crippen molar-refractivity contribution >= 4 is 11.4 Å². The summed E-state index contributed by atoms with van der Waals surface area (Å²) in [5.74, 6) is 2.47. The monoisotopic (exact) mass is 341 g/mol. The highest BCUT2D eigenvalue weighted by atomic mass is 16.5. The highest BCUT2D eigenvalue weighted by molar-refractivity contribution is 5.78. The highest BCUT2D eigenvalue weighted by Crippen LogP contribution is 2.47. The molecule has 0 spiro atoms. The summed E-state index contributed by atoms with van der Waals surface area (Å²) in [5, 5.41) is 3.42. The zero-order chi connectivity index (χ0) is 16.9. The molecule has 4 rings (SSSR count). The van der Waals surface area contributed by atoms with Gasteiger partial charge in [0.05, 0.1) is 30.8 Å². The van der Waals surface area contributed by atoms with E-state index in [0.29, 0.717) is 19.8 Å². The number of anilines is 2. The first-order valence-electron chi connectivity index (χ1n) is 8.86. The lowest BCUT2D eigenvalue weighted by Gasteiger charge is -2.32. The lowest BCUT2D eigenvalue weighted by atomic mass is 10.1. The fourth-order valence-corrected chi connectivity index (χ4v) is 3.16. The van der Waals surface area contributed by atoms with E-state index in [1.54, 1.807) is 6.20 Å². The maximum atomic E-state index is 6.03. The Bertz CT molecular complexity index is 723. The van der Waals surface area contributed by atoms with Crippen LogP contribution < -0.4 is 19.7 Å². The summed E-state index contributed by atoms with van der Waals surface area (Å²) < 4.78 is 17.4. The fourth-order valence-electron chi connectivity index (χ4n) is 3.16. The van der Waals surface area contributed by atoms with E-state index in [9.17, 15) is 0 Å². The fraction of sp³-hybridized carbons (Fsp3) is 0.421. The standard InChI is InChI=1S/C19H23N3O3/c1-2-9-22-16-5-7-21-14-19(16)25-18-4-3-15(13-17(18)22)24-12-11-23-10-8-20-6-1/h3-5,7,13-14,20H,1-2,6,8-12H2. The lowest BCUT2D eigenvalue weighted by Crippen LogP contribution is -2.24. The Kier molecular flexibility index (Phi) is 4.99. The molecule has 0 amide bonds. The first-order chi connectivity index (χ1) is 12.4. The Balaban J connectivity index is 1.63. The van der Waals surface area contributed by atoms with Crippen molar-refractivity contribution in [1.82, 2.24) is 10.3 Å². The molecule has 2 aliphatic heterocycles. The van der Waals surface area contributed by atoms with Gasteiger partial charge in [-0.3, -0.25) is 4.98 Å². The van der Waals surface area contributed by atoms with Crippen molar-refractivity contribution in [3.8, 4) is 17.2 Å². The van der Waals surface area contributed by atoms with Crippen LogP contribution in [0.25, 0.3) is 0 Å². The second-order valence-electron chi connectivity index (χ2n) is 6.14. The number of nitrogens with one attached hydrogen (secondary N) is 1. The van der Waals surface area contributed by atoms with Crippen molar-refractivity contribution in [3.05, 3.63) is 36.7 Å². The molecule has 0 radical (unpaired) electrons. The molecule has 0 aliphatic carbocycles. The molecular formula is C19H23N3O3. The SMILES string of the molecule is c1cc2c(cn1)Oc1ccc3cc1N2CCCCNCCOCCO3. The first-order valence-corrected chi connectivity index (χ1v) is 8.86. The number of rotatable bonds is 0. The number of fused-ring (bicyclic) bond motifs is 3. The third-order valence-electron chi connectivity index (χ3n) is 4.40. The predicted octanol–water partition coefficient (Wildman–Crippen LogP) is 3.10. The third-order valence-corrected chi connectivity index (χ3v) is 4.40. The Labute approximate surface area is 147 Å². The molecule has 0 saturated carbocycles. The first kappa shape index (κ1) is 16.2. The van der Waals surface area contributed by atoms with E-state index in [4.69, 9.17) is 14.2 Å². The predicted molar refractivity (Wildman–Crippen MR) is 96.2 cm³/mol. The topological polar surface area (TPSA) is 55.9 Å². The summed E-state index contributed by atoms with van der Waals surface area (Å²) in [5.41, 5.74) is 2.10. The van der Waals surface area contributed by atoms with Gasteiger partial charge in [-0.2, -0.15) is 0 Å². The second kappa shape index (κ2) is 7.72. The molecular weight excluding hydrogens is 318 g/mol. The quantitative estimate of drug-likeness (QED) is 0.795. The van der Waals surface area contributed by atoms with Gasteiger partial charge in [-0.15, -0.1) is 0 Å². The molecule has 0 atom stereocenters. The summed E-state index contributed by atoms with van der Waals surface area (Å²) in [7, 11) is 0. The molecule has 0 fully saturated rings. The zero-order valence-corrected chi connectivity index (χ0v) is 14.2. The van der Waals surface area contributed by atoms with E-state index in [1.807, 2.05) is 24.4 Å². The van der Waals surface area contributed by atoms with Crippen molar-refractivity contribution in [3.63, 3.8) is 0 Å². The van der Waals surface area contributed by atoms with Crippen molar-refractivity contribution < 1.29 is 14.2 Å². The van der Waals surface area contributed by atoms with Gasteiger partial charge >= 0.3 is 0 Å². The molecule has 2 bridgehead atoms. The second-order valence-corrected chi connectivity index (χ2v) is 6.14. The largest absolute Gasteiger partial charge is 0.491 e. The molecule has 0 saturated heterocycles. The highest BCUT2D eigenvalue weighted by Gasteiger charge is 2.24. The Morgan fingerprint density at radius 1 is 0.960 bits per heavy atom. The third kappa shape index (κ3) is 3.70. The number of benzene rings is 1. The van der Waals surface area contributed by atoms with Crippen LogP contribution in [0.3, 0.4) is 0 Å². The van der Waals surface area contributed by atoms with Crippen LogP contribution in [0.5, 0.6) is 17.2 Å². The molecule has 3 heterocycles. The zero-order valence-electron chi connectivity index (χ0n) is 14.2. The molecule has 1 aromatic carbocycles. The van der Waals surface area contributed by atoms with Gasteiger partial charge in [0.25, 0.3) is 0 Å². The molecule has 2 aliphatic rings. The normalized spacial score (nSPS) is 18.2. The van der Waals surface area contributed by atoms with Gasteiger partial charge in [0, 0.05) is 25.4 Å². The minimum Gasteiger partial charge on any atom is -0.491 e. The molecule has 2 aromatic rings. The molecule has 0 unspecified atom stereocenters. The number of hydrogen-bond acceptors (Lipinski definition) is 6. The Morgan fingerprint density at radius 3 is 2.96 bits per heavy atom. The molecule has 25 heavy (non-hydrogen) atoms. The van der Waals surface area contributed by atoms with Gasteiger partial charge in [-0.05, 0) is 37.6 Å². The number of hydrogen-bond donors (Lipinski definition) is 1. The molecule has 132 valence electrons. The van der Waals surface area contributed by atoms with Gasteiger partial charge in [-0.1, -0.05) is 0 Å². The van der Waals surface area contributed by atoms with Gasteiger partial charge in [0.1, 0.15) is 12.4 Å². The number of pyridine rings is 1. The van der Waals surface area contributed by atoms with Crippen LogP contribution >= 0.6 is 0 Å². The van der Waals surface area contributed by atoms with Crippen LogP contribution in [-0.4, -0.2) is 44.4 Å². The maximum Gasteiger partial charge on any atom is 0.169 e. The summed E-state index contributed by atoms with van der Waals surface area (Å²) in [4.78, 5) is 6.50. The van der Waals surface area contributed by atoms with Gasteiger partial charge in [0.2, 0.25) is 0 Å². The van der Waals surface area contributed by atoms with Crippen LogP contribution in [0.1, 0.15) is 12.8 Å². The van der Waals surface area contributed by atoms with Crippen molar-refractivity contribution in [2.45, 2.75) is 12.8 Å². The number of aromatic nitrogens is 1. The van der Waals surface area contributed by atoms with E-state index in [1.165, 1.54) is 0 Å². The average Bonchev–Trinajstić information content (AvgIpc) is 2.65. The summed E-state index contributed by atoms with van der Waals surface area (Å²) in [6.07, 6.45) is 5.78. The van der Waals surface area contributed by atoms with Gasteiger partial charge in [0.15, 0.2) is 11.5 Å². The summed E-state index contributed by atoms with van der Waals surface area (Å²) >= 11 is 0. The molecule has 1 N–H and O–H groups in total. The molecule has 1 aromatic heterocycles. The van der Waals surface area contributed by atoms with E-state index < -0.39 is 0 Å². The van der Waals surface area contributed by atoms with Crippen LogP contribution in [0.4, 0.5) is 11.4 Å². The van der Waals surface area contributed by atoms with Crippen molar-refractivity contribution in [2.24, 2.45) is 0 Å². The Hall–Kier alpha value is -2.31. The van der Waals surface area contributed by atoms with E-state index in [-0.39, 0.29) is 0 Å². The van der Waals surface area contributed by atoms with Gasteiger partial charge in [-0.25, -0.2) is 0 Å². The summed E-state index contributed by atoms with van der Waals surface area (Å²) in [6, 6.07) is 7.97. The van der Waals surface area contributed by atoms with Crippen molar-refractivity contribution in [1.29, 1.82) is 0 Å².